The fraction of sp³-hybridized carbons (Fsp3) is 0.148. The number of carboxylic acids is 2. The van der Waals surface area contributed by atoms with E-state index in [1.807, 2.05) is 37.3 Å². The molecule has 0 saturated heterocycles. The molecular formula is C27H17F6N7O4S. The SMILES string of the molecule is CCSc1cc(C#N)c(-c2nc3c([nH]2)-c2ccncc2Nc2ncccc2-3)c(C#N)c1.O=C(O)C(F)(F)F.O=C(O)C(F)(F)F. The van der Waals surface area contributed by atoms with E-state index in [9.17, 15) is 36.9 Å². The Labute approximate surface area is 253 Å². The van der Waals surface area contributed by atoms with Gasteiger partial charge >= 0.3 is 24.3 Å². The molecule has 0 aliphatic carbocycles. The van der Waals surface area contributed by atoms with Crippen LogP contribution in [0.15, 0.2) is 53.8 Å². The van der Waals surface area contributed by atoms with E-state index >= 15 is 0 Å². The number of benzene rings is 1. The second-order valence-electron chi connectivity index (χ2n) is 8.41. The number of imidazole rings is 1. The number of halogens is 6. The highest BCUT2D eigenvalue weighted by atomic mass is 32.2. The molecule has 5 rings (SSSR count). The third-order valence-electron chi connectivity index (χ3n) is 5.50. The number of aliphatic carboxylic acids is 2. The first kappa shape index (κ1) is 33.9. The van der Waals surface area contributed by atoms with Crippen molar-refractivity contribution in [2.24, 2.45) is 0 Å². The quantitative estimate of drug-likeness (QED) is 0.125. The maximum Gasteiger partial charge on any atom is 0.490 e. The Hall–Kier alpha value is -5.62. The van der Waals surface area contributed by atoms with Gasteiger partial charge in [0.15, 0.2) is 0 Å². The molecule has 1 aliphatic heterocycles. The number of aromatic nitrogens is 4. The van der Waals surface area contributed by atoms with Crippen LogP contribution in [0.3, 0.4) is 0 Å². The number of rotatable bonds is 3. The number of hydrogen-bond donors (Lipinski definition) is 4. The van der Waals surface area contributed by atoms with Gasteiger partial charge in [-0.1, -0.05) is 6.92 Å². The van der Waals surface area contributed by atoms with E-state index in [1.165, 1.54) is 0 Å². The van der Waals surface area contributed by atoms with Crippen LogP contribution >= 0.6 is 11.8 Å². The van der Waals surface area contributed by atoms with Gasteiger partial charge in [-0.25, -0.2) is 19.6 Å². The summed E-state index contributed by atoms with van der Waals surface area (Å²) in [5, 5.41) is 37.2. The van der Waals surface area contributed by atoms with Gasteiger partial charge in [0.2, 0.25) is 0 Å². The Balaban J connectivity index is 0.000000331. The molecule has 4 heterocycles. The summed E-state index contributed by atoms with van der Waals surface area (Å²) in [7, 11) is 0. The number of H-pyrrole nitrogens is 1. The maximum absolute atomic E-state index is 10.6. The first-order chi connectivity index (χ1) is 21.1. The number of carboxylic acid groups (broad SMARTS) is 2. The number of thioether (sulfide) groups is 1. The fourth-order valence-corrected chi connectivity index (χ4v) is 4.45. The maximum atomic E-state index is 10.6. The molecule has 0 saturated carbocycles. The molecule has 0 fully saturated rings. The summed E-state index contributed by atoms with van der Waals surface area (Å²) in [6, 6.07) is 13.8. The van der Waals surface area contributed by atoms with Gasteiger partial charge in [0, 0.05) is 28.4 Å². The van der Waals surface area contributed by atoms with E-state index in [-0.39, 0.29) is 0 Å². The number of alkyl halides is 6. The standard InChI is InChI=1S/C23H15N7S.2C2HF3O2/c1-2-31-15-8-13(10-24)19(14(9-15)11-25)23-29-20-16-5-7-26-12-18(16)28-22-17(21(20)30-23)4-3-6-27-22;2*3-2(4,5)1(6)7/h3-9,12H,2H2,1H3,(H,27,28)(H,29,30);2*(H,6,7). The Morgan fingerprint density at radius 1 is 0.956 bits per heavy atom. The summed E-state index contributed by atoms with van der Waals surface area (Å²) < 4.78 is 63.5. The first-order valence-electron chi connectivity index (χ1n) is 12.1. The van der Waals surface area contributed by atoms with Gasteiger partial charge < -0.3 is 20.5 Å². The van der Waals surface area contributed by atoms with Crippen molar-refractivity contribution in [3.8, 4) is 46.0 Å². The van der Waals surface area contributed by atoms with E-state index in [2.05, 4.69) is 32.4 Å². The number of pyridine rings is 2. The van der Waals surface area contributed by atoms with Crippen LogP contribution in [0.5, 0.6) is 0 Å². The highest BCUT2D eigenvalue weighted by Gasteiger charge is 2.39. The van der Waals surface area contributed by atoms with E-state index in [0.717, 1.165) is 33.2 Å². The van der Waals surface area contributed by atoms with Crippen LogP contribution in [-0.2, 0) is 9.59 Å². The molecule has 3 aromatic heterocycles. The summed E-state index contributed by atoms with van der Waals surface area (Å²) in [6.07, 6.45) is -5.00. The summed E-state index contributed by atoms with van der Waals surface area (Å²) in [5.41, 5.74) is 5.33. The van der Waals surface area contributed by atoms with Crippen molar-refractivity contribution in [2.45, 2.75) is 24.2 Å². The van der Waals surface area contributed by atoms with Gasteiger partial charge in [-0.05, 0) is 36.1 Å². The van der Waals surface area contributed by atoms with Gasteiger partial charge in [-0.3, -0.25) is 4.98 Å². The van der Waals surface area contributed by atoms with Crippen LogP contribution in [0.25, 0.3) is 33.9 Å². The fourth-order valence-electron chi connectivity index (χ4n) is 3.71. The van der Waals surface area contributed by atoms with Gasteiger partial charge in [0.05, 0.1) is 46.4 Å². The molecule has 0 radical (unpaired) electrons. The number of fused-ring (bicyclic) bond motifs is 5. The number of anilines is 2. The lowest BCUT2D eigenvalue weighted by atomic mass is 10.0. The molecule has 18 heteroatoms. The van der Waals surface area contributed by atoms with Crippen LogP contribution in [0.4, 0.5) is 37.8 Å². The summed E-state index contributed by atoms with van der Waals surface area (Å²) >= 11 is 1.59. The Bertz CT molecular complexity index is 1710. The van der Waals surface area contributed by atoms with Crippen molar-refractivity contribution in [1.82, 2.24) is 19.9 Å². The van der Waals surface area contributed by atoms with Crippen molar-refractivity contribution >= 4 is 35.2 Å². The molecule has 1 aliphatic rings. The molecular weight excluding hydrogens is 632 g/mol. The normalized spacial score (nSPS) is 11.2. The summed E-state index contributed by atoms with van der Waals surface area (Å²) in [4.78, 5) is 35.6. The number of nitriles is 2. The predicted octanol–water partition coefficient (Wildman–Crippen LogP) is 6.38. The lowest BCUT2D eigenvalue weighted by Crippen LogP contribution is -2.21. The zero-order valence-electron chi connectivity index (χ0n) is 22.4. The topological polar surface area (TPSA) is 189 Å². The molecule has 0 bridgehead atoms. The lowest BCUT2D eigenvalue weighted by Gasteiger charge is -2.09. The van der Waals surface area contributed by atoms with Crippen molar-refractivity contribution in [3.05, 3.63) is 60.0 Å². The number of hydrogen-bond acceptors (Lipinski definition) is 9. The second-order valence-corrected chi connectivity index (χ2v) is 9.75. The van der Waals surface area contributed by atoms with E-state index in [0.29, 0.717) is 34.0 Å². The highest BCUT2D eigenvalue weighted by molar-refractivity contribution is 7.99. The van der Waals surface area contributed by atoms with Gasteiger partial charge in [0.1, 0.15) is 17.3 Å². The Morgan fingerprint density at radius 2 is 1.53 bits per heavy atom. The summed E-state index contributed by atoms with van der Waals surface area (Å²) in [5.74, 6) is -3.51. The number of carbonyl (C=O) groups is 2. The molecule has 45 heavy (non-hydrogen) atoms. The minimum atomic E-state index is -5.08. The molecule has 232 valence electrons. The zero-order chi connectivity index (χ0) is 33.5. The molecule has 4 N–H and O–H groups in total. The highest BCUT2D eigenvalue weighted by Crippen LogP contribution is 2.43. The van der Waals surface area contributed by atoms with Crippen LogP contribution in [-0.4, -0.2) is 60.2 Å². The first-order valence-corrected chi connectivity index (χ1v) is 13.1. The van der Waals surface area contributed by atoms with Crippen LogP contribution in [0.1, 0.15) is 18.1 Å². The molecule has 0 amide bonds. The number of nitrogens with one attached hydrogen (secondary N) is 2. The number of aromatic amines is 1. The monoisotopic (exact) mass is 649 g/mol. The van der Waals surface area contributed by atoms with Crippen molar-refractivity contribution < 1.29 is 46.1 Å². The smallest absolute Gasteiger partial charge is 0.475 e. The molecule has 1 aromatic carbocycles. The number of nitrogens with zero attached hydrogens (tertiary/aromatic N) is 5. The third kappa shape index (κ3) is 8.06. The summed E-state index contributed by atoms with van der Waals surface area (Å²) in [6.45, 7) is 2.03. The molecule has 0 atom stereocenters. The Morgan fingerprint density at radius 3 is 2.04 bits per heavy atom. The van der Waals surface area contributed by atoms with E-state index in [4.69, 9.17) is 24.8 Å². The van der Waals surface area contributed by atoms with Crippen molar-refractivity contribution in [2.75, 3.05) is 11.1 Å². The predicted molar refractivity (Wildman–Crippen MR) is 147 cm³/mol. The van der Waals surface area contributed by atoms with Gasteiger partial charge in [0.25, 0.3) is 0 Å². The van der Waals surface area contributed by atoms with E-state index < -0.39 is 24.3 Å². The minimum Gasteiger partial charge on any atom is -0.475 e. The average Bonchev–Trinajstić information content (AvgIpc) is 3.36. The van der Waals surface area contributed by atoms with Crippen molar-refractivity contribution in [1.29, 1.82) is 10.5 Å². The molecule has 11 nitrogen and oxygen atoms in total. The van der Waals surface area contributed by atoms with E-state index in [1.54, 1.807) is 30.4 Å². The third-order valence-corrected chi connectivity index (χ3v) is 6.35. The lowest BCUT2D eigenvalue weighted by molar-refractivity contribution is -0.193. The molecule has 4 aromatic rings. The largest absolute Gasteiger partial charge is 0.490 e. The van der Waals surface area contributed by atoms with Gasteiger partial charge in [-0.2, -0.15) is 36.9 Å². The average molecular weight is 650 g/mol. The second kappa shape index (κ2) is 13.8. The van der Waals surface area contributed by atoms with Crippen LogP contribution < -0.4 is 5.32 Å². The van der Waals surface area contributed by atoms with Crippen LogP contribution in [0.2, 0.25) is 0 Å². The van der Waals surface area contributed by atoms with Crippen LogP contribution in [0, 0.1) is 22.7 Å². The van der Waals surface area contributed by atoms with Crippen molar-refractivity contribution in [3.63, 3.8) is 0 Å². The minimum absolute atomic E-state index is 0.415. The Kier molecular flexibility index (Phi) is 10.4. The molecule has 0 spiro atoms. The van der Waals surface area contributed by atoms with Gasteiger partial charge in [-0.15, -0.1) is 11.8 Å². The zero-order valence-corrected chi connectivity index (χ0v) is 23.3. The molecule has 0 unspecified atom stereocenters.